The summed E-state index contributed by atoms with van der Waals surface area (Å²) in [6, 6.07) is 12.0. The van der Waals surface area contributed by atoms with Crippen LogP contribution in [0.3, 0.4) is 0 Å². The van der Waals surface area contributed by atoms with E-state index in [-0.39, 0.29) is 31.1 Å². The van der Waals surface area contributed by atoms with Gasteiger partial charge in [-0.2, -0.15) is 0 Å². The molecule has 0 saturated carbocycles. The number of hydrogen-bond acceptors (Lipinski definition) is 11. The molecule has 0 radical (unpaired) electrons. The third-order valence-electron chi connectivity index (χ3n) is 4.39. The Balaban J connectivity index is 2.05. The number of ether oxygens (including phenoxy) is 6. The second kappa shape index (κ2) is 13.4. The average molecular weight is 475 g/mol. The van der Waals surface area contributed by atoms with E-state index in [9.17, 15) is 19.2 Å². The van der Waals surface area contributed by atoms with E-state index in [0.29, 0.717) is 11.1 Å². The van der Waals surface area contributed by atoms with Crippen molar-refractivity contribution in [3.05, 3.63) is 59.7 Å². The molecule has 0 unspecified atom stereocenters. The van der Waals surface area contributed by atoms with Gasteiger partial charge in [0, 0.05) is 6.54 Å². The zero-order chi connectivity index (χ0) is 24.9. The van der Waals surface area contributed by atoms with Crippen molar-refractivity contribution in [2.75, 3.05) is 34.5 Å². The van der Waals surface area contributed by atoms with E-state index in [1.165, 1.54) is 19.2 Å². The van der Waals surface area contributed by atoms with Crippen LogP contribution in [0.1, 0.15) is 15.9 Å². The second-order valence-electron chi connectivity index (χ2n) is 6.63. The summed E-state index contributed by atoms with van der Waals surface area (Å²) in [5.74, 6) is -1.24. The number of carbonyl (C=O) groups excluding carboxylic acids is 4. The minimum absolute atomic E-state index is 0.0177. The van der Waals surface area contributed by atoms with Crippen LogP contribution in [0.2, 0.25) is 0 Å². The number of nitrogens with one attached hydrogen (secondary N) is 1. The molecule has 0 amide bonds. The van der Waals surface area contributed by atoms with Crippen molar-refractivity contribution in [2.45, 2.75) is 12.5 Å². The first kappa shape index (κ1) is 26.1. The quantitative estimate of drug-likeness (QED) is 0.235. The standard InChI is InChI=1S/C23H25NO10/c1-29-21(26)17(24-11-12-32-20(25)16-7-5-4-6-8-16)13-15-9-10-18(33-22(27)30-2)19(14-15)34-23(28)31-3/h4-10,14,17,24H,11-13H2,1-3H3/t17-/m0/s1. The molecule has 1 N–H and O–H groups in total. The van der Waals surface area contributed by atoms with E-state index < -0.39 is 30.3 Å². The molecule has 11 heteroatoms. The molecule has 2 rings (SSSR count). The summed E-state index contributed by atoms with van der Waals surface area (Å²) in [5, 5.41) is 2.96. The zero-order valence-corrected chi connectivity index (χ0v) is 18.9. The normalized spacial score (nSPS) is 11.0. The molecular weight excluding hydrogens is 450 g/mol. The van der Waals surface area contributed by atoms with Gasteiger partial charge in [0.2, 0.25) is 0 Å². The van der Waals surface area contributed by atoms with Gasteiger partial charge in [-0.15, -0.1) is 0 Å². The molecule has 2 aromatic rings. The molecule has 0 heterocycles. The fourth-order valence-corrected chi connectivity index (χ4v) is 2.76. The first-order chi connectivity index (χ1) is 16.4. The molecule has 0 aromatic heterocycles. The Morgan fingerprint density at radius 1 is 0.824 bits per heavy atom. The zero-order valence-electron chi connectivity index (χ0n) is 18.9. The molecule has 0 saturated heterocycles. The van der Waals surface area contributed by atoms with Crippen LogP contribution >= 0.6 is 0 Å². The summed E-state index contributed by atoms with van der Waals surface area (Å²) in [6.07, 6.45) is -1.92. The van der Waals surface area contributed by atoms with Gasteiger partial charge in [0.05, 0.1) is 26.9 Å². The SMILES string of the molecule is COC(=O)Oc1ccc(C[C@H](NCCOC(=O)c2ccccc2)C(=O)OC)cc1OC(=O)OC. The van der Waals surface area contributed by atoms with Crippen molar-refractivity contribution in [3.8, 4) is 11.5 Å². The fourth-order valence-electron chi connectivity index (χ4n) is 2.76. The molecule has 11 nitrogen and oxygen atoms in total. The Bertz CT molecular complexity index is 993. The second-order valence-corrected chi connectivity index (χ2v) is 6.63. The van der Waals surface area contributed by atoms with Crippen LogP contribution in [0.15, 0.2) is 48.5 Å². The molecule has 0 aliphatic rings. The van der Waals surface area contributed by atoms with Crippen LogP contribution in [-0.2, 0) is 30.2 Å². The lowest BCUT2D eigenvalue weighted by molar-refractivity contribution is -0.143. The van der Waals surface area contributed by atoms with Crippen LogP contribution in [0.25, 0.3) is 0 Å². The number of esters is 2. The maximum atomic E-state index is 12.2. The van der Waals surface area contributed by atoms with Crippen LogP contribution < -0.4 is 14.8 Å². The molecule has 2 aromatic carbocycles. The monoisotopic (exact) mass is 475 g/mol. The largest absolute Gasteiger partial charge is 0.513 e. The minimum Gasteiger partial charge on any atom is -0.468 e. The van der Waals surface area contributed by atoms with Crippen molar-refractivity contribution in [3.63, 3.8) is 0 Å². The highest BCUT2D eigenvalue weighted by atomic mass is 16.7. The van der Waals surface area contributed by atoms with Gasteiger partial charge < -0.3 is 33.7 Å². The molecule has 182 valence electrons. The number of benzene rings is 2. The molecule has 0 bridgehead atoms. The highest BCUT2D eigenvalue weighted by molar-refractivity contribution is 5.89. The first-order valence-electron chi connectivity index (χ1n) is 10.1. The third-order valence-corrected chi connectivity index (χ3v) is 4.39. The van der Waals surface area contributed by atoms with E-state index in [1.54, 1.807) is 36.4 Å². The maximum absolute atomic E-state index is 12.2. The fraction of sp³-hybridized carbons (Fsp3) is 0.304. The van der Waals surface area contributed by atoms with Crippen LogP contribution in [0.5, 0.6) is 11.5 Å². The van der Waals surface area contributed by atoms with Gasteiger partial charge in [0.15, 0.2) is 11.5 Å². The van der Waals surface area contributed by atoms with Crippen molar-refractivity contribution in [1.82, 2.24) is 5.32 Å². The van der Waals surface area contributed by atoms with Crippen LogP contribution in [-0.4, -0.2) is 64.8 Å². The van der Waals surface area contributed by atoms with Gasteiger partial charge in [-0.05, 0) is 36.2 Å². The summed E-state index contributed by atoms with van der Waals surface area (Å²) < 4.78 is 28.9. The molecular formula is C23H25NO10. The number of rotatable bonds is 10. The molecule has 34 heavy (non-hydrogen) atoms. The van der Waals surface area contributed by atoms with Crippen molar-refractivity contribution in [1.29, 1.82) is 0 Å². The van der Waals surface area contributed by atoms with E-state index in [0.717, 1.165) is 14.2 Å². The predicted molar refractivity (Wildman–Crippen MR) is 117 cm³/mol. The number of methoxy groups -OCH3 is 3. The summed E-state index contributed by atoms with van der Waals surface area (Å²) in [5.41, 5.74) is 0.958. The Labute approximate surface area is 195 Å². The third kappa shape index (κ3) is 8.10. The summed E-state index contributed by atoms with van der Waals surface area (Å²) >= 11 is 0. The van der Waals surface area contributed by atoms with Crippen LogP contribution in [0, 0.1) is 0 Å². The van der Waals surface area contributed by atoms with E-state index >= 15 is 0 Å². The Kier molecular flexibility index (Phi) is 10.3. The highest BCUT2D eigenvalue weighted by Crippen LogP contribution is 2.30. The number of hydrogen-bond donors (Lipinski definition) is 1. The summed E-state index contributed by atoms with van der Waals surface area (Å²) in [6.45, 7) is 0.192. The lowest BCUT2D eigenvalue weighted by Gasteiger charge is -2.17. The van der Waals surface area contributed by atoms with Gasteiger partial charge in [-0.3, -0.25) is 4.79 Å². The topological polar surface area (TPSA) is 136 Å². The molecule has 0 spiro atoms. The molecule has 0 fully saturated rings. The van der Waals surface area contributed by atoms with Crippen molar-refractivity contribution < 1.29 is 47.6 Å². The number of carbonyl (C=O) groups is 4. The minimum atomic E-state index is -1.03. The first-order valence-corrected chi connectivity index (χ1v) is 10.1. The Morgan fingerprint density at radius 3 is 2.09 bits per heavy atom. The van der Waals surface area contributed by atoms with E-state index in [1.807, 2.05) is 0 Å². The van der Waals surface area contributed by atoms with Gasteiger partial charge in [0.25, 0.3) is 0 Å². The van der Waals surface area contributed by atoms with Gasteiger partial charge >= 0.3 is 24.2 Å². The summed E-state index contributed by atoms with van der Waals surface area (Å²) in [7, 11) is 3.49. The predicted octanol–water partition coefficient (Wildman–Crippen LogP) is 2.51. The van der Waals surface area contributed by atoms with Crippen LogP contribution in [0.4, 0.5) is 9.59 Å². The summed E-state index contributed by atoms with van der Waals surface area (Å²) in [4.78, 5) is 47.3. The lowest BCUT2D eigenvalue weighted by Crippen LogP contribution is -2.41. The average Bonchev–Trinajstić information content (AvgIpc) is 2.86. The van der Waals surface area contributed by atoms with Gasteiger partial charge in [-0.1, -0.05) is 24.3 Å². The van der Waals surface area contributed by atoms with Gasteiger partial charge in [0.1, 0.15) is 12.6 Å². The highest BCUT2D eigenvalue weighted by Gasteiger charge is 2.22. The Hall–Kier alpha value is -4.12. The van der Waals surface area contributed by atoms with E-state index in [2.05, 4.69) is 14.8 Å². The maximum Gasteiger partial charge on any atom is 0.513 e. The van der Waals surface area contributed by atoms with Crippen molar-refractivity contribution in [2.24, 2.45) is 0 Å². The van der Waals surface area contributed by atoms with Crippen molar-refractivity contribution >= 4 is 24.2 Å². The molecule has 0 aliphatic heterocycles. The molecule has 0 aliphatic carbocycles. The Morgan fingerprint density at radius 2 is 1.47 bits per heavy atom. The smallest absolute Gasteiger partial charge is 0.468 e. The van der Waals surface area contributed by atoms with Gasteiger partial charge in [-0.25, -0.2) is 14.4 Å². The molecule has 1 atom stereocenters. The lowest BCUT2D eigenvalue weighted by atomic mass is 10.1. The van der Waals surface area contributed by atoms with E-state index in [4.69, 9.17) is 18.9 Å².